The summed E-state index contributed by atoms with van der Waals surface area (Å²) in [6.07, 6.45) is 3.31. The number of likely N-dealkylation sites (tertiary alicyclic amines) is 1. The van der Waals surface area contributed by atoms with Crippen molar-refractivity contribution < 1.29 is 9.18 Å². The first kappa shape index (κ1) is 13.1. The third kappa shape index (κ3) is 2.89. The number of halogens is 1. The third-order valence-corrected chi connectivity index (χ3v) is 3.72. The molecule has 2 rings (SSSR count). The molecule has 1 saturated heterocycles. The summed E-state index contributed by atoms with van der Waals surface area (Å²) in [4.78, 5) is 14.3. The van der Waals surface area contributed by atoms with Gasteiger partial charge in [-0.25, -0.2) is 4.39 Å². The molecular weight excluding hydrogens is 229 g/mol. The van der Waals surface area contributed by atoms with Gasteiger partial charge in [-0.2, -0.15) is 0 Å². The molecule has 0 bridgehead atoms. The molecule has 1 aromatic carbocycles. The quantitative estimate of drug-likeness (QED) is 0.747. The molecule has 1 aliphatic rings. The lowest BCUT2D eigenvalue weighted by Crippen LogP contribution is -2.32. The number of amides is 1. The van der Waals surface area contributed by atoms with Gasteiger partial charge in [0.15, 0.2) is 0 Å². The summed E-state index contributed by atoms with van der Waals surface area (Å²) in [5.41, 5.74) is 1.35. The molecule has 98 valence electrons. The average molecular weight is 249 g/mol. The van der Waals surface area contributed by atoms with Crippen molar-refractivity contribution in [2.24, 2.45) is 5.92 Å². The van der Waals surface area contributed by atoms with Crippen LogP contribution in [0.2, 0.25) is 0 Å². The van der Waals surface area contributed by atoms with Gasteiger partial charge in [0.2, 0.25) is 0 Å². The van der Waals surface area contributed by atoms with Gasteiger partial charge < -0.3 is 4.90 Å². The van der Waals surface area contributed by atoms with E-state index in [-0.39, 0.29) is 11.7 Å². The fraction of sp³-hybridized carbons (Fsp3) is 0.533. The molecule has 1 aliphatic heterocycles. The number of nitrogens with zero attached hydrogens (tertiary/aromatic N) is 1. The van der Waals surface area contributed by atoms with E-state index >= 15 is 0 Å². The molecule has 1 fully saturated rings. The Balaban J connectivity index is 2.15. The largest absolute Gasteiger partial charge is 0.339 e. The van der Waals surface area contributed by atoms with E-state index in [1.54, 1.807) is 13.0 Å². The summed E-state index contributed by atoms with van der Waals surface area (Å²) in [6.45, 7) is 5.66. The normalized spacial score (nSPS) is 20.6. The zero-order chi connectivity index (χ0) is 13.1. The molecular formula is C15H20FNO. The van der Waals surface area contributed by atoms with Gasteiger partial charge >= 0.3 is 0 Å². The van der Waals surface area contributed by atoms with Crippen LogP contribution in [0, 0.1) is 18.7 Å². The first-order valence-electron chi connectivity index (χ1n) is 6.63. The average Bonchev–Trinajstić information content (AvgIpc) is 2.53. The minimum Gasteiger partial charge on any atom is -0.339 e. The smallest absolute Gasteiger partial charge is 0.254 e. The zero-order valence-electron chi connectivity index (χ0n) is 11.1. The molecule has 1 aromatic rings. The topological polar surface area (TPSA) is 20.3 Å². The van der Waals surface area contributed by atoms with E-state index in [1.165, 1.54) is 18.6 Å². The van der Waals surface area contributed by atoms with E-state index in [2.05, 4.69) is 6.92 Å². The highest BCUT2D eigenvalue weighted by Crippen LogP contribution is 2.19. The molecule has 18 heavy (non-hydrogen) atoms. The Morgan fingerprint density at radius 1 is 1.33 bits per heavy atom. The van der Waals surface area contributed by atoms with Crippen molar-refractivity contribution in [3.05, 3.63) is 35.1 Å². The van der Waals surface area contributed by atoms with Crippen LogP contribution < -0.4 is 0 Å². The van der Waals surface area contributed by atoms with Crippen LogP contribution in [0.4, 0.5) is 4.39 Å². The fourth-order valence-corrected chi connectivity index (χ4v) is 2.50. The Labute approximate surface area is 108 Å². The maximum absolute atomic E-state index is 13.0. The minimum atomic E-state index is -0.284. The first-order valence-corrected chi connectivity index (χ1v) is 6.63. The van der Waals surface area contributed by atoms with Gasteiger partial charge in [0, 0.05) is 18.7 Å². The summed E-state index contributed by atoms with van der Waals surface area (Å²) < 4.78 is 13.0. The van der Waals surface area contributed by atoms with Crippen molar-refractivity contribution in [2.45, 2.75) is 33.1 Å². The Kier molecular flexibility index (Phi) is 4.00. The monoisotopic (exact) mass is 249 g/mol. The zero-order valence-corrected chi connectivity index (χ0v) is 11.1. The lowest BCUT2D eigenvalue weighted by atomic mass is 10.0. The summed E-state index contributed by atoms with van der Waals surface area (Å²) in [5.74, 6) is 0.451. The van der Waals surface area contributed by atoms with E-state index in [1.807, 2.05) is 4.90 Å². The first-order chi connectivity index (χ1) is 8.58. The highest BCUT2D eigenvalue weighted by molar-refractivity contribution is 5.95. The van der Waals surface area contributed by atoms with Gasteiger partial charge in [0.1, 0.15) is 5.82 Å². The summed E-state index contributed by atoms with van der Waals surface area (Å²) in [6, 6.07) is 4.38. The lowest BCUT2D eigenvalue weighted by molar-refractivity contribution is 0.0759. The predicted octanol–water partition coefficient (Wildman–Crippen LogP) is 3.40. The van der Waals surface area contributed by atoms with E-state index in [0.717, 1.165) is 31.5 Å². The molecule has 0 spiro atoms. The minimum absolute atomic E-state index is 0.0431. The number of carbonyl (C=O) groups is 1. The van der Waals surface area contributed by atoms with E-state index in [0.29, 0.717) is 11.5 Å². The van der Waals surface area contributed by atoms with Crippen LogP contribution in [0.5, 0.6) is 0 Å². The van der Waals surface area contributed by atoms with Crippen LogP contribution in [-0.2, 0) is 0 Å². The second-order valence-corrected chi connectivity index (χ2v) is 5.29. The van der Waals surface area contributed by atoms with E-state index in [4.69, 9.17) is 0 Å². The van der Waals surface area contributed by atoms with Crippen LogP contribution in [0.15, 0.2) is 18.2 Å². The van der Waals surface area contributed by atoms with Crippen molar-refractivity contribution >= 4 is 5.91 Å². The molecule has 0 N–H and O–H groups in total. The highest BCUT2D eigenvalue weighted by atomic mass is 19.1. The van der Waals surface area contributed by atoms with Crippen molar-refractivity contribution in [1.82, 2.24) is 4.90 Å². The van der Waals surface area contributed by atoms with Crippen molar-refractivity contribution in [3.8, 4) is 0 Å². The highest BCUT2D eigenvalue weighted by Gasteiger charge is 2.20. The Bertz CT molecular complexity index is 444. The molecule has 1 heterocycles. The Morgan fingerprint density at radius 2 is 2.11 bits per heavy atom. The number of rotatable bonds is 1. The Hall–Kier alpha value is -1.38. The second-order valence-electron chi connectivity index (χ2n) is 5.29. The molecule has 3 heteroatoms. The van der Waals surface area contributed by atoms with Gasteiger partial charge in [-0.05, 0) is 55.9 Å². The van der Waals surface area contributed by atoms with Crippen molar-refractivity contribution in [1.29, 1.82) is 0 Å². The number of hydrogen-bond acceptors (Lipinski definition) is 1. The number of carbonyl (C=O) groups excluding carboxylic acids is 1. The SMILES string of the molecule is Cc1cc(F)ccc1C(=O)N1CCCC(C)CC1. The molecule has 1 amide bonds. The second kappa shape index (κ2) is 5.51. The third-order valence-electron chi connectivity index (χ3n) is 3.72. The molecule has 2 nitrogen and oxygen atoms in total. The van der Waals surface area contributed by atoms with E-state index < -0.39 is 0 Å². The predicted molar refractivity (Wildman–Crippen MR) is 70.1 cm³/mol. The summed E-state index contributed by atoms with van der Waals surface area (Å²) in [7, 11) is 0. The Morgan fingerprint density at radius 3 is 2.83 bits per heavy atom. The summed E-state index contributed by atoms with van der Waals surface area (Å²) >= 11 is 0. The van der Waals surface area contributed by atoms with Crippen LogP contribution >= 0.6 is 0 Å². The van der Waals surface area contributed by atoms with Gasteiger partial charge in [0.05, 0.1) is 0 Å². The van der Waals surface area contributed by atoms with Crippen molar-refractivity contribution in [3.63, 3.8) is 0 Å². The number of benzene rings is 1. The van der Waals surface area contributed by atoms with Gasteiger partial charge in [-0.15, -0.1) is 0 Å². The molecule has 0 aromatic heterocycles. The van der Waals surface area contributed by atoms with Crippen molar-refractivity contribution in [2.75, 3.05) is 13.1 Å². The molecule has 0 saturated carbocycles. The maximum atomic E-state index is 13.0. The van der Waals surface area contributed by atoms with Crippen LogP contribution in [0.3, 0.4) is 0 Å². The maximum Gasteiger partial charge on any atom is 0.254 e. The number of hydrogen-bond donors (Lipinski definition) is 0. The van der Waals surface area contributed by atoms with Gasteiger partial charge in [-0.3, -0.25) is 4.79 Å². The van der Waals surface area contributed by atoms with E-state index in [9.17, 15) is 9.18 Å². The molecule has 0 radical (unpaired) electrons. The standard InChI is InChI=1S/C15H20FNO/c1-11-4-3-8-17(9-7-11)15(18)14-6-5-13(16)10-12(14)2/h5-6,10-11H,3-4,7-9H2,1-2H3. The van der Waals surface area contributed by atoms with Crippen LogP contribution in [-0.4, -0.2) is 23.9 Å². The van der Waals surface area contributed by atoms with Gasteiger partial charge in [-0.1, -0.05) is 6.92 Å². The molecule has 1 unspecified atom stereocenters. The molecule has 0 aliphatic carbocycles. The van der Waals surface area contributed by atoms with Gasteiger partial charge in [0.25, 0.3) is 5.91 Å². The lowest BCUT2D eigenvalue weighted by Gasteiger charge is -2.21. The summed E-state index contributed by atoms with van der Waals surface area (Å²) in [5, 5.41) is 0. The molecule has 1 atom stereocenters. The number of aryl methyl sites for hydroxylation is 1. The van der Waals surface area contributed by atoms with Crippen LogP contribution in [0.25, 0.3) is 0 Å². The fourth-order valence-electron chi connectivity index (χ4n) is 2.50. The van der Waals surface area contributed by atoms with Crippen LogP contribution in [0.1, 0.15) is 42.1 Å².